The van der Waals surface area contributed by atoms with Crippen LogP contribution in [0.15, 0.2) is 0 Å². The van der Waals surface area contributed by atoms with Gasteiger partial charge in [0.2, 0.25) is 0 Å². The normalized spacial score (nSPS) is 29.5. The standard InChI is InChI=1S/C12H23N/c1-3-7-12(8-4-1)9-5-2-6-10-13-11-12/h13H,1-11H2. The topological polar surface area (TPSA) is 12.0 Å². The molecule has 2 aliphatic rings. The fourth-order valence-electron chi connectivity index (χ4n) is 3.10. The quantitative estimate of drug-likeness (QED) is 0.605. The van der Waals surface area contributed by atoms with Gasteiger partial charge in [0.05, 0.1) is 0 Å². The van der Waals surface area contributed by atoms with Crippen molar-refractivity contribution >= 4 is 0 Å². The summed E-state index contributed by atoms with van der Waals surface area (Å²) in [6, 6.07) is 0. The highest BCUT2D eigenvalue weighted by Crippen LogP contribution is 2.40. The maximum atomic E-state index is 3.65. The van der Waals surface area contributed by atoms with E-state index < -0.39 is 0 Å². The van der Waals surface area contributed by atoms with Crippen molar-refractivity contribution in [2.24, 2.45) is 5.41 Å². The van der Waals surface area contributed by atoms with E-state index in [2.05, 4.69) is 5.32 Å². The molecule has 1 saturated heterocycles. The van der Waals surface area contributed by atoms with E-state index in [0.29, 0.717) is 0 Å². The van der Waals surface area contributed by atoms with Gasteiger partial charge in [-0.3, -0.25) is 0 Å². The molecule has 0 aromatic carbocycles. The van der Waals surface area contributed by atoms with E-state index in [1.807, 2.05) is 0 Å². The van der Waals surface area contributed by atoms with Crippen LogP contribution in [-0.4, -0.2) is 13.1 Å². The lowest BCUT2D eigenvalue weighted by molar-refractivity contribution is 0.154. The van der Waals surface area contributed by atoms with Gasteiger partial charge in [0.1, 0.15) is 0 Å². The molecule has 1 N–H and O–H groups in total. The molecule has 1 aliphatic heterocycles. The van der Waals surface area contributed by atoms with Gasteiger partial charge in [-0.25, -0.2) is 0 Å². The van der Waals surface area contributed by atoms with Gasteiger partial charge in [-0.1, -0.05) is 32.1 Å². The molecule has 0 radical (unpaired) electrons. The summed E-state index contributed by atoms with van der Waals surface area (Å²) in [5.74, 6) is 0. The minimum atomic E-state index is 0.721. The SMILES string of the molecule is C1CCNCC2(CC1)CCCCC2. The van der Waals surface area contributed by atoms with Crippen molar-refractivity contribution in [3.8, 4) is 0 Å². The van der Waals surface area contributed by atoms with E-state index in [4.69, 9.17) is 0 Å². The monoisotopic (exact) mass is 181 g/mol. The van der Waals surface area contributed by atoms with E-state index in [1.165, 1.54) is 70.9 Å². The molecule has 0 bridgehead atoms. The van der Waals surface area contributed by atoms with Gasteiger partial charge >= 0.3 is 0 Å². The van der Waals surface area contributed by atoms with Crippen LogP contribution in [0.1, 0.15) is 57.8 Å². The highest BCUT2D eigenvalue weighted by molar-refractivity contribution is 4.85. The molecule has 1 spiro atoms. The van der Waals surface area contributed by atoms with Crippen molar-refractivity contribution in [2.45, 2.75) is 57.8 Å². The largest absolute Gasteiger partial charge is 0.316 e. The van der Waals surface area contributed by atoms with Crippen LogP contribution in [0.5, 0.6) is 0 Å². The van der Waals surface area contributed by atoms with Crippen molar-refractivity contribution in [3.05, 3.63) is 0 Å². The Hall–Kier alpha value is -0.0400. The molecule has 1 nitrogen and oxygen atoms in total. The zero-order chi connectivity index (χ0) is 8.99. The number of rotatable bonds is 0. The van der Waals surface area contributed by atoms with Crippen molar-refractivity contribution in [1.29, 1.82) is 0 Å². The first kappa shape index (κ1) is 9.51. The van der Waals surface area contributed by atoms with Crippen LogP contribution in [0.25, 0.3) is 0 Å². The second-order valence-corrected chi connectivity index (χ2v) is 5.05. The molecule has 13 heavy (non-hydrogen) atoms. The number of nitrogens with one attached hydrogen (secondary N) is 1. The maximum Gasteiger partial charge on any atom is 0.000780 e. The fraction of sp³-hybridized carbons (Fsp3) is 1.00. The molecule has 2 fully saturated rings. The van der Waals surface area contributed by atoms with Crippen LogP contribution in [-0.2, 0) is 0 Å². The molecule has 76 valence electrons. The molecule has 1 saturated carbocycles. The van der Waals surface area contributed by atoms with Crippen molar-refractivity contribution in [3.63, 3.8) is 0 Å². The summed E-state index contributed by atoms with van der Waals surface area (Å²) in [6.07, 6.45) is 13.3. The average molecular weight is 181 g/mol. The highest BCUT2D eigenvalue weighted by atomic mass is 14.9. The summed E-state index contributed by atoms with van der Waals surface area (Å²) >= 11 is 0. The third-order valence-electron chi connectivity index (χ3n) is 3.97. The Balaban J connectivity index is 1.91. The summed E-state index contributed by atoms with van der Waals surface area (Å²) in [7, 11) is 0. The van der Waals surface area contributed by atoms with Crippen LogP contribution < -0.4 is 5.32 Å². The fourth-order valence-corrected chi connectivity index (χ4v) is 3.10. The Morgan fingerprint density at radius 3 is 2.00 bits per heavy atom. The summed E-state index contributed by atoms with van der Waals surface area (Å²) in [6.45, 7) is 2.58. The van der Waals surface area contributed by atoms with E-state index in [0.717, 1.165) is 5.41 Å². The second kappa shape index (κ2) is 4.45. The second-order valence-electron chi connectivity index (χ2n) is 5.05. The van der Waals surface area contributed by atoms with E-state index in [1.54, 1.807) is 0 Å². The smallest absolute Gasteiger partial charge is 0.000780 e. The molecule has 0 aromatic heterocycles. The van der Waals surface area contributed by atoms with Gasteiger partial charge in [-0.05, 0) is 37.6 Å². The van der Waals surface area contributed by atoms with Crippen molar-refractivity contribution in [2.75, 3.05) is 13.1 Å². The van der Waals surface area contributed by atoms with Gasteiger partial charge in [0.15, 0.2) is 0 Å². The summed E-state index contributed by atoms with van der Waals surface area (Å²) < 4.78 is 0. The van der Waals surface area contributed by atoms with Crippen LogP contribution in [0, 0.1) is 5.41 Å². The summed E-state index contributed by atoms with van der Waals surface area (Å²) in [5.41, 5.74) is 0.721. The molecule has 0 unspecified atom stereocenters. The number of hydrogen-bond acceptors (Lipinski definition) is 1. The summed E-state index contributed by atoms with van der Waals surface area (Å²) in [4.78, 5) is 0. The lowest BCUT2D eigenvalue weighted by Crippen LogP contribution is -2.37. The van der Waals surface area contributed by atoms with E-state index in [9.17, 15) is 0 Å². The van der Waals surface area contributed by atoms with Crippen LogP contribution in [0.2, 0.25) is 0 Å². The van der Waals surface area contributed by atoms with Crippen molar-refractivity contribution < 1.29 is 0 Å². The molecule has 0 aromatic rings. The van der Waals surface area contributed by atoms with Gasteiger partial charge in [-0.15, -0.1) is 0 Å². The molecule has 1 heteroatoms. The van der Waals surface area contributed by atoms with E-state index >= 15 is 0 Å². The molecular weight excluding hydrogens is 158 g/mol. The lowest BCUT2D eigenvalue weighted by atomic mass is 9.70. The lowest BCUT2D eigenvalue weighted by Gasteiger charge is -2.39. The van der Waals surface area contributed by atoms with Gasteiger partial charge in [-0.2, -0.15) is 0 Å². The zero-order valence-electron chi connectivity index (χ0n) is 8.78. The molecular formula is C12H23N. The molecule has 2 rings (SSSR count). The Morgan fingerprint density at radius 2 is 1.31 bits per heavy atom. The van der Waals surface area contributed by atoms with Crippen molar-refractivity contribution in [1.82, 2.24) is 5.32 Å². The third kappa shape index (κ3) is 2.46. The van der Waals surface area contributed by atoms with Gasteiger partial charge < -0.3 is 5.32 Å². The summed E-state index contributed by atoms with van der Waals surface area (Å²) in [5, 5.41) is 3.65. The average Bonchev–Trinajstić information content (AvgIpc) is 2.14. The van der Waals surface area contributed by atoms with Gasteiger partial charge in [0.25, 0.3) is 0 Å². The third-order valence-corrected chi connectivity index (χ3v) is 3.97. The van der Waals surface area contributed by atoms with Crippen LogP contribution in [0.3, 0.4) is 0 Å². The minimum absolute atomic E-state index is 0.721. The Morgan fingerprint density at radius 1 is 0.692 bits per heavy atom. The Labute approximate surface area is 82.3 Å². The minimum Gasteiger partial charge on any atom is -0.316 e. The van der Waals surface area contributed by atoms with E-state index in [-0.39, 0.29) is 0 Å². The first-order valence-electron chi connectivity index (χ1n) is 6.12. The predicted molar refractivity (Wildman–Crippen MR) is 56.9 cm³/mol. The molecule has 0 amide bonds. The molecule has 1 heterocycles. The number of hydrogen-bond donors (Lipinski definition) is 1. The van der Waals surface area contributed by atoms with Crippen LogP contribution in [0.4, 0.5) is 0 Å². The zero-order valence-corrected chi connectivity index (χ0v) is 8.78. The Bertz CT molecular complexity index is 137. The van der Waals surface area contributed by atoms with Crippen LogP contribution >= 0.6 is 0 Å². The van der Waals surface area contributed by atoms with Gasteiger partial charge in [0, 0.05) is 6.54 Å². The first-order chi connectivity index (χ1) is 6.41. The Kier molecular flexibility index (Phi) is 3.26. The predicted octanol–water partition coefficient (Wildman–Crippen LogP) is 3.10. The highest BCUT2D eigenvalue weighted by Gasteiger charge is 2.31. The maximum absolute atomic E-state index is 3.65. The molecule has 0 atom stereocenters. The molecule has 1 aliphatic carbocycles. The first-order valence-corrected chi connectivity index (χ1v) is 6.12.